The fourth-order valence-corrected chi connectivity index (χ4v) is 3.14. The van der Waals surface area contributed by atoms with Crippen LogP contribution in [0.4, 0.5) is 0 Å². The minimum atomic E-state index is 0.505. The zero-order valence-corrected chi connectivity index (χ0v) is 12.0. The number of imidazole rings is 1. The fraction of sp³-hybridized carbons (Fsp3) is 0.400. The molecule has 2 N–H and O–H groups in total. The maximum Gasteiger partial charge on any atom is 0.156 e. The molecular formula is C15H18ClN3O. The van der Waals surface area contributed by atoms with E-state index in [1.54, 1.807) is 12.1 Å². The lowest BCUT2D eigenvalue weighted by Gasteiger charge is -2.25. The zero-order chi connectivity index (χ0) is 13.9. The van der Waals surface area contributed by atoms with E-state index >= 15 is 0 Å². The second-order valence-corrected chi connectivity index (χ2v) is 5.67. The standard InChI is InChI=1S/C15H18ClN3O/c16-11-6-7-15(20-17)13(8-11)14-9-18-10-19(14)12-4-2-1-3-5-12/h6-10,12H,1-5,17H2. The molecule has 1 aromatic carbocycles. The number of nitrogens with two attached hydrogens (primary N) is 1. The summed E-state index contributed by atoms with van der Waals surface area (Å²) in [6.07, 6.45) is 10.0. The Labute approximate surface area is 123 Å². The molecule has 0 atom stereocenters. The van der Waals surface area contributed by atoms with Crippen molar-refractivity contribution < 1.29 is 4.84 Å². The van der Waals surface area contributed by atoms with Gasteiger partial charge in [0.25, 0.3) is 0 Å². The fourth-order valence-electron chi connectivity index (χ4n) is 2.97. The summed E-state index contributed by atoms with van der Waals surface area (Å²) in [5.41, 5.74) is 1.91. The molecule has 1 saturated carbocycles. The van der Waals surface area contributed by atoms with Gasteiger partial charge in [0, 0.05) is 16.6 Å². The van der Waals surface area contributed by atoms with Crippen LogP contribution in [0.5, 0.6) is 5.75 Å². The molecule has 4 nitrogen and oxygen atoms in total. The Morgan fingerprint density at radius 2 is 2.05 bits per heavy atom. The Morgan fingerprint density at radius 3 is 2.80 bits per heavy atom. The highest BCUT2D eigenvalue weighted by molar-refractivity contribution is 6.30. The average Bonchev–Trinajstić information content (AvgIpc) is 2.97. The summed E-state index contributed by atoms with van der Waals surface area (Å²) in [6, 6.07) is 5.94. The van der Waals surface area contributed by atoms with Gasteiger partial charge in [-0.1, -0.05) is 30.9 Å². The van der Waals surface area contributed by atoms with Crippen LogP contribution in [0.1, 0.15) is 38.1 Å². The summed E-state index contributed by atoms with van der Waals surface area (Å²) >= 11 is 6.10. The van der Waals surface area contributed by atoms with Crippen molar-refractivity contribution in [2.75, 3.05) is 0 Å². The molecule has 1 aromatic heterocycles. The largest absolute Gasteiger partial charge is 0.411 e. The Balaban J connectivity index is 2.02. The van der Waals surface area contributed by atoms with Crippen molar-refractivity contribution in [3.63, 3.8) is 0 Å². The summed E-state index contributed by atoms with van der Waals surface area (Å²) in [7, 11) is 0. The highest BCUT2D eigenvalue weighted by Gasteiger charge is 2.20. The van der Waals surface area contributed by atoms with Crippen LogP contribution >= 0.6 is 11.6 Å². The molecule has 2 aromatic rings. The third-order valence-corrected chi connectivity index (χ3v) is 4.21. The number of hydrogen-bond donors (Lipinski definition) is 1. The maximum absolute atomic E-state index is 6.10. The molecule has 0 unspecified atom stereocenters. The second-order valence-electron chi connectivity index (χ2n) is 5.24. The van der Waals surface area contributed by atoms with Gasteiger partial charge in [0.1, 0.15) is 0 Å². The van der Waals surface area contributed by atoms with Crippen molar-refractivity contribution >= 4 is 11.6 Å². The topological polar surface area (TPSA) is 53.1 Å². The minimum Gasteiger partial charge on any atom is -0.411 e. The number of hydrogen-bond acceptors (Lipinski definition) is 3. The molecule has 5 heteroatoms. The van der Waals surface area contributed by atoms with Crippen LogP contribution in [0.25, 0.3) is 11.3 Å². The van der Waals surface area contributed by atoms with Crippen molar-refractivity contribution in [2.45, 2.75) is 38.1 Å². The Bertz CT molecular complexity index is 591. The minimum absolute atomic E-state index is 0.505. The molecule has 1 heterocycles. The Hall–Kier alpha value is -1.52. The molecule has 0 bridgehead atoms. The van der Waals surface area contributed by atoms with E-state index < -0.39 is 0 Å². The first-order chi connectivity index (χ1) is 9.79. The van der Waals surface area contributed by atoms with Gasteiger partial charge in [0.05, 0.1) is 18.2 Å². The molecule has 20 heavy (non-hydrogen) atoms. The lowest BCUT2D eigenvalue weighted by Crippen LogP contribution is -2.13. The zero-order valence-electron chi connectivity index (χ0n) is 11.3. The predicted octanol–water partition coefficient (Wildman–Crippen LogP) is 3.96. The molecule has 1 aliphatic rings. The second kappa shape index (κ2) is 5.85. The highest BCUT2D eigenvalue weighted by atomic mass is 35.5. The Kier molecular flexibility index (Phi) is 3.94. The van der Waals surface area contributed by atoms with E-state index in [0.29, 0.717) is 16.8 Å². The van der Waals surface area contributed by atoms with Gasteiger partial charge in [0.2, 0.25) is 0 Å². The van der Waals surface area contributed by atoms with Gasteiger partial charge < -0.3 is 9.40 Å². The molecule has 3 rings (SSSR count). The molecule has 0 spiro atoms. The summed E-state index contributed by atoms with van der Waals surface area (Å²) in [5, 5.41) is 0.664. The summed E-state index contributed by atoms with van der Waals surface area (Å²) in [4.78, 5) is 9.27. The van der Waals surface area contributed by atoms with Gasteiger partial charge in [-0.2, -0.15) is 5.90 Å². The van der Waals surface area contributed by atoms with Gasteiger partial charge in [-0.05, 0) is 31.0 Å². The van der Waals surface area contributed by atoms with E-state index in [-0.39, 0.29) is 0 Å². The SMILES string of the molecule is NOc1ccc(Cl)cc1-c1cncn1C1CCCCC1. The van der Waals surface area contributed by atoms with Crippen LogP contribution in [-0.4, -0.2) is 9.55 Å². The van der Waals surface area contributed by atoms with Gasteiger partial charge in [-0.3, -0.25) is 0 Å². The first-order valence-corrected chi connectivity index (χ1v) is 7.36. The van der Waals surface area contributed by atoms with E-state index in [9.17, 15) is 0 Å². The quantitative estimate of drug-likeness (QED) is 0.871. The molecule has 0 amide bonds. The van der Waals surface area contributed by atoms with E-state index in [1.165, 1.54) is 32.1 Å². The van der Waals surface area contributed by atoms with Crippen LogP contribution in [0, 0.1) is 0 Å². The molecule has 1 fully saturated rings. The van der Waals surface area contributed by atoms with E-state index in [2.05, 4.69) is 9.55 Å². The van der Waals surface area contributed by atoms with Gasteiger partial charge in [-0.25, -0.2) is 4.98 Å². The van der Waals surface area contributed by atoms with Gasteiger partial charge >= 0.3 is 0 Å². The van der Waals surface area contributed by atoms with E-state index in [4.69, 9.17) is 22.3 Å². The highest BCUT2D eigenvalue weighted by Crippen LogP contribution is 2.36. The molecule has 106 valence electrons. The number of benzene rings is 1. The van der Waals surface area contributed by atoms with Crippen molar-refractivity contribution in [3.05, 3.63) is 35.7 Å². The van der Waals surface area contributed by atoms with Gasteiger partial charge in [-0.15, -0.1) is 0 Å². The smallest absolute Gasteiger partial charge is 0.156 e. The first kappa shape index (κ1) is 13.5. The molecule has 0 saturated heterocycles. The molecular weight excluding hydrogens is 274 g/mol. The lowest BCUT2D eigenvalue weighted by atomic mass is 9.95. The Morgan fingerprint density at radius 1 is 1.25 bits per heavy atom. The lowest BCUT2D eigenvalue weighted by molar-refractivity contribution is 0.334. The molecule has 1 aliphatic carbocycles. The van der Waals surface area contributed by atoms with Crippen molar-refractivity contribution in [3.8, 4) is 17.0 Å². The number of halogens is 1. The first-order valence-electron chi connectivity index (χ1n) is 6.98. The van der Waals surface area contributed by atoms with E-state index in [0.717, 1.165) is 11.3 Å². The number of nitrogens with zero attached hydrogens (tertiary/aromatic N) is 2. The third-order valence-electron chi connectivity index (χ3n) is 3.98. The molecule has 0 radical (unpaired) electrons. The van der Waals surface area contributed by atoms with Crippen LogP contribution in [0.15, 0.2) is 30.7 Å². The summed E-state index contributed by atoms with van der Waals surface area (Å²) in [6.45, 7) is 0. The van der Waals surface area contributed by atoms with Crippen LogP contribution in [0.2, 0.25) is 5.02 Å². The monoisotopic (exact) mass is 291 g/mol. The maximum atomic E-state index is 6.10. The number of aromatic nitrogens is 2. The van der Waals surface area contributed by atoms with Crippen LogP contribution in [0.3, 0.4) is 0 Å². The van der Waals surface area contributed by atoms with E-state index in [1.807, 2.05) is 18.6 Å². The predicted molar refractivity (Wildman–Crippen MR) is 79.6 cm³/mol. The van der Waals surface area contributed by atoms with Gasteiger partial charge in [0.15, 0.2) is 5.75 Å². The summed E-state index contributed by atoms with van der Waals surface area (Å²) in [5.74, 6) is 5.98. The van der Waals surface area contributed by atoms with Crippen molar-refractivity contribution in [2.24, 2.45) is 5.90 Å². The third kappa shape index (κ3) is 2.53. The van der Waals surface area contributed by atoms with Crippen molar-refractivity contribution in [1.29, 1.82) is 0 Å². The summed E-state index contributed by atoms with van der Waals surface area (Å²) < 4.78 is 2.23. The molecule has 0 aliphatic heterocycles. The number of rotatable bonds is 3. The van der Waals surface area contributed by atoms with Crippen molar-refractivity contribution in [1.82, 2.24) is 9.55 Å². The van der Waals surface area contributed by atoms with Crippen LogP contribution in [-0.2, 0) is 0 Å². The normalized spacial score (nSPS) is 16.3. The van der Waals surface area contributed by atoms with Crippen LogP contribution < -0.4 is 10.7 Å². The average molecular weight is 292 g/mol.